The lowest BCUT2D eigenvalue weighted by atomic mass is 10.2. The fourth-order valence-corrected chi connectivity index (χ4v) is 1.18. The number of aldehydes is 1. The van der Waals surface area contributed by atoms with Gasteiger partial charge in [-0.1, -0.05) is 6.07 Å². The van der Waals surface area contributed by atoms with Crippen molar-refractivity contribution in [3.63, 3.8) is 0 Å². The first kappa shape index (κ1) is 7.86. The quantitative estimate of drug-likeness (QED) is 0.625. The Bertz CT molecular complexity index is 379. The van der Waals surface area contributed by atoms with Crippen molar-refractivity contribution >= 4 is 12.0 Å². The third kappa shape index (κ3) is 1.54. The zero-order valence-electron chi connectivity index (χ0n) is 6.97. The molecule has 0 N–H and O–H groups in total. The third-order valence-electron chi connectivity index (χ3n) is 1.83. The lowest BCUT2D eigenvalue weighted by molar-refractivity contribution is -0.104. The predicted molar refractivity (Wildman–Crippen MR) is 49.8 cm³/mol. The van der Waals surface area contributed by atoms with Gasteiger partial charge in [0.15, 0.2) is 0 Å². The number of carbonyl (C=O) groups is 1. The van der Waals surface area contributed by atoms with E-state index in [0.29, 0.717) is 12.1 Å². The van der Waals surface area contributed by atoms with Crippen LogP contribution >= 0.6 is 0 Å². The van der Waals surface area contributed by atoms with E-state index >= 15 is 0 Å². The minimum atomic E-state index is 0.482. The van der Waals surface area contributed by atoms with Gasteiger partial charge in [-0.2, -0.15) is 0 Å². The van der Waals surface area contributed by atoms with E-state index in [-0.39, 0.29) is 0 Å². The zero-order chi connectivity index (χ0) is 9.10. The predicted octanol–water partition coefficient (Wildman–Crippen LogP) is 1.01. The van der Waals surface area contributed by atoms with Crippen LogP contribution in [-0.2, 0) is 4.79 Å². The van der Waals surface area contributed by atoms with Crippen molar-refractivity contribution in [3.05, 3.63) is 41.7 Å². The summed E-state index contributed by atoms with van der Waals surface area (Å²) < 4.78 is 0. The van der Waals surface area contributed by atoms with Gasteiger partial charge in [-0.25, -0.2) is 0 Å². The molecule has 0 unspecified atom stereocenters. The summed E-state index contributed by atoms with van der Waals surface area (Å²) in [7, 11) is 0. The molecule has 0 spiro atoms. The lowest BCUT2D eigenvalue weighted by Gasteiger charge is -1.94. The van der Waals surface area contributed by atoms with Crippen molar-refractivity contribution in [2.75, 3.05) is 6.54 Å². The van der Waals surface area contributed by atoms with Crippen molar-refractivity contribution in [3.8, 4) is 0 Å². The van der Waals surface area contributed by atoms with E-state index in [4.69, 9.17) is 0 Å². The summed E-state index contributed by atoms with van der Waals surface area (Å²) in [6.07, 6.45) is 4.32. The zero-order valence-corrected chi connectivity index (χ0v) is 6.97. The summed E-state index contributed by atoms with van der Waals surface area (Å²) in [5.74, 6) is 0. The molecule has 1 aliphatic rings. The van der Waals surface area contributed by atoms with E-state index in [1.807, 2.05) is 18.2 Å². The Balaban J connectivity index is 2.30. The first-order valence-corrected chi connectivity index (χ1v) is 4.02. The normalized spacial score (nSPS) is 15.1. The molecule has 2 heterocycles. The molecule has 0 saturated heterocycles. The second-order valence-corrected chi connectivity index (χ2v) is 2.75. The summed E-state index contributed by atoms with van der Waals surface area (Å²) in [5, 5.41) is 0. The van der Waals surface area contributed by atoms with Gasteiger partial charge in [0.05, 0.1) is 18.0 Å². The largest absolute Gasteiger partial charge is 0.298 e. The monoisotopic (exact) mass is 172 g/mol. The van der Waals surface area contributed by atoms with E-state index in [9.17, 15) is 4.79 Å². The number of nitrogens with zero attached hydrogens (tertiary/aromatic N) is 2. The molecule has 0 amide bonds. The third-order valence-corrected chi connectivity index (χ3v) is 1.83. The molecule has 0 saturated carbocycles. The standard InChI is InChI=1S/C10H8N2O/c13-7-8-5-10(12-6-8)9-3-1-2-4-11-9/h1-5,7H,6H2. The SMILES string of the molecule is O=CC1=CC(c2ccccn2)=NC1. The highest BCUT2D eigenvalue weighted by molar-refractivity contribution is 6.11. The molecule has 2 rings (SSSR count). The highest BCUT2D eigenvalue weighted by Gasteiger charge is 2.09. The van der Waals surface area contributed by atoms with Crippen molar-refractivity contribution in [1.29, 1.82) is 0 Å². The highest BCUT2D eigenvalue weighted by Crippen LogP contribution is 2.08. The molecule has 13 heavy (non-hydrogen) atoms. The van der Waals surface area contributed by atoms with Crippen molar-refractivity contribution in [2.24, 2.45) is 4.99 Å². The maximum absolute atomic E-state index is 10.4. The van der Waals surface area contributed by atoms with Gasteiger partial charge in [0.25, 0.3) is 0 Å². The molecular formula is C10H8N2O. The molecule has 1 aromatic heterocycles. The van der Waals surface area contributed by atoms with Crippen LogP contribution in [0.4, 0.5) is 0 Å². The lowest BCUT2D eigenvalue weighted by Crippen LogP contribution is -1.96. The average molecular weight is 172 g/mol. The van der Waals surface area contributed by atoms with Crippen LogP contribution in [0.5, 0.6) is 0 Å². The van der Waals surface area contributed by atoms with Crippen LogP contribution in [0.3, 0.4) is 0 Å². The molecule has 0 fully saturated rings. The topological polar surface area (TPSA) is 42.3 Å². The van der Waals surface area contributed by atoms with Crippen LogP contribution in [0.2, 0.25) is 0 Å². The first-order valence-electron chi connectivity index (χ1n) is 4.02. The van der Waals surface area contributed by atoms with Crippen LogP contribution < -0.4 is 0 Å². The minimum absolute atomic E-state index is 0.482. The van der Waals surface area contributed by atoms with Crippen LogP contribution in [0.25, 0.3) is 0 Å². The molecule has 0 aliphatic carbocycles. The molecule has 1 aromatic rings. The molecule has 64 valence electrons. The van der Waals surface area contributed by atoms with Gasteiger partial charge >= 0.3 is 0 Å². The van der Waals surface area contributed by atoms with Gasteiger partial charge in [-0.05, 0) is 18.2 Å². The number of rotatable bonds is 2. The number of aliphatic imine (C=N–C) groups is 1. The molecule has 1 aliphatic heterocycles. The minimum Gasteiger partial charge on any atom is -0.298 e. The van der Waals surface area contributed by atoms with Gasteiger partial charge in [-0.15, -0.1) is 0 Å². The average Bonchev–Trinajstić information content (AvgIpc) is 2.67. The van der Waals surface area contributed by atoms with Gasteiger partial charge < -0.3 is 0 Å². The molecule has 0 bridgehead atoms. The van der Waals surface area contributed by atoms with E-state index in [0.717, 1.165) is 17.7 Å². The Hall–Kier alpha value is -1.77. The van der Waals surface area contributed by atoms with Crippen molar-refractivity contribution in [1.82, 2.24) is 4.98 Å². The summed E-state index contributed by atoms with van der Waals surface area (Å²) in [6.45, 7) is 0.482. The van der Waals surface area contributed by atoms with Crippen LogP contribution in [0.15, 0.2) is 41.0 Å². The van der Waals surface area contributed by atoms with Crippen LogP contribution in [0, 0.1) is 0 Å². The Morgan fingerprint density at radius 3 is 2.92 bits per heavy atom. The Morgan fingerprint density at radius 2 is 2.31 bits per heavy atom. The molecule has 3 nitrogen and oxygen atoms in total. The van der Waals surface area contributed by atoms with Gasteiger partial charge in [0, 0.05) is 11.8 Å². The fourth-order valence-electron chi connectivity index (χ4n) is 1.18. The number of allylic oxidation sites excluding steroid dienone is 1. The second kappa shape index (κ2) is 3.31. The van der Waals surface area contributed by atoms with E-state index in [1.165, 1.54) is 0 Å². The van der Waals surface area contributed by atoms with Gasteiger partial charge in [-0.3, -0.25) is 14.8 Å². The number of hydrogen-bond acceptors (Lipinski definition) is 3. The molecular weight excluding hydrogens is 164 g/mol. The summed E-state index contributed by atoms with van der Waals surface area (Å²) in [5.41, 5.74) is 2.32. The molecule has 0 atom stereocenters. The molecule has 0 radical (unpaired) electrons. The van der Waals surface area contributed by atoms with Crippen molar-refractivity contribution in [2.45, 2.75) is 0 Å². The number of aromatic nitrogens is 1. The summed E-state index contributed by atoms with van der Waals surface area (Å²) in [4.78, 5) is 18.7. The molecule has 3 heteroatoms. The van der Waals surface area contributed by atoms with E-state index in [1.54, 1.807) is 12.3 Å². The molecule has 0 aromatic carbocycles. The van der Waals surface area contributed by atoms with Crippen molar-refractivity contribution < 1.29 is 4.79 Å². The van der Waals surface area contributed by atoms with Gasteiger partial charge in [0.1, 0.15) is 6.29 Å². The van der Waals surface area contributed by atoms with E-state index < -0.39 is 0 Å². The Labute approximate surface area is 75.8 Å². The van der Waals surface area contributed by atoms with Crippen LogP contribution in [0.1, 0.15) is 5.69 Å². The summed E-state index contributed by atoms with van der Waals surface area (Å²) in [6, 6.07) is 5.63. The fraction of sp³-hybridized carbons (Fsp3) is 0.100. The number of carbonyl (C=O) groups excluding carboxylic acids is 1. The Kier molecular flexibility index (Phi) is 2.00. The second-order valence-electron chi connectivity index (χ2n) is 2.75. The summed E-state index contributed by atoms with van der Waals surface area (Å²) >= 11 is 0. The smallest absolute Gasteiger partial charge is 0.147 e. The maximum atomic E-state index is 10.4. The maximum Gasteiger partial charge on any atom is 0.147 e. The van der Waals surface area contributed by atoms with E-state index in [2.05, 4.69) is 9.98 Å². The number of hydrogen-bond donors (Lipinski definition) is 0. The van der Waals surface area contributed by atoms with Crippen LogP contribution in [-0.4, -0.2) is 23.5 Å². The van der Waals surface area contributed by atoms with Gasteiger partial charge in [0.2, 0.25) is 0 Å². The number of pyridine rings is 1. The highest BCUT2D eigenvalue weighted by atomic mass is 16.1. The Morgan fingerprint density at radius 1 is 1.38 bits per heavy atom. The first-order chi connectivity index (χ1) is 6.40.